The fourth-order valence-corrected chi connectivity index (χ4v) is 3.01. The number of rotatable bonds is 7. The predicted octanol–water partition coefficient (Wildman–Crippen LogP) is 1.61. The van der Waals surface area contributed by atoms with Crippen LogP contribution < -0.4 is 10.6 Å². The number of hydrogen-bond donors (Lipinski definition) is 2. The molecule has 1 aromatic rings. The molecule has 25 heavy (non-hydrogen) atoms. The summed E-state index contributed by atoms with van der Waals surface area (Å²) in [6, 6.07) is 8.30. The van der Waals surface area contributed by atoms with Crippen molar-refractivity contribution in [2.24, 2.45) is 4.99 Å². The minimum Gasteiger partial charge on any atom is -0.380 e. The van der Waals surface area contributed by atoms with Gasteiger partial charge in [0.1, 0.15) is 0 Å². The fourth-order valence-electron chi connectivity index (χ4n) is 3.01. The van der Waals surface area contributed by atoms with E-state index in [4.69, 9.17) is 9.47 Å². The molecule has 1 fully saturated rings. The van der Waals surface area contributed by atoms with Crippen molar-refractivity contribution in [3.63, 3.8) is 0 Å². The molecular formula is C19H32N4O2. The quantitative estimate of drug-likeness (QED) is 0.579. The van der Waals surface area contributed by atoms with Gasteiger partial charge in [0.05, 0.1) is 19.8 Å². The molecule has 0 spiro atoms. The van der Waals surface area contributed by atoms with E-state index in [1.54, 1.807) is 14.2 Å². The van der Waals surface area contributed by atoms with Crippen molar-refractivity contribution >= 4 is 5.96 Å². The second-order valence-corrected chi connectivity index (χ2v) is 6.89. The molecule has 0 aromatic heterocycles. The van der Waals surface area contributed by atoms with Crippen LogP contribution in [0.2, 0.25) is 0 Å². The lowest BCUT2D eigenvalue weighted by molar-refractivity contribution is -0.00834. The number of aliphatic imine (C=N–C) groups is 1. The second kappa shape index (κ2) is 9.75. The van der Waals surface area contributed by atoms with Crippen LogP contribution in [0.1, 0.15) is 25.0 Å². The summed E-state index contributed by atoms with van der Waals surface area (Å²) in [7, 11) is 3.52. The Labute approximate surface area is 151 Å². The third kappa shape index (κ3) is 5.99. The van der Waals surface area contributed by atoms with Crippen LogP contribution in [-0.2, 0) is 22.6 Å². The molecule has 6 nitrogen and oxygen atoms in total. The average Bonchev–Trinajstić information content (AvgIpc) is 2.64. The van der Waals surface area contributed by atoms with Crippen molar-refractivity contribution in [3.05, 3.63) is 35.4 Å². The van der Waals surface area contributed by atoms with Gasteiger partial charge in [-0.05, 0) is 25.0 Å². The first-order valence-corrected chi connectivity index (χ1v) is 8.90. The first kappa shape index (κ1) is 19.7. The van der Waals surface area contributed by atoms with Gasteiger partial charge in [0.25, 0.3) is 0 Å². The van der Waals surface area contributed by atoms with Gasteiger partial charge in [0.2, 0.25) is 0 Å². The van der Waals surface area contributed by atoms with E-state index in [0.717, 1.165) is 45.4 Å². The lowest BCUT2D eigenvalue weighted by Gasteiger charge is -2.41. The van der Waals surface area contributed by atoms with E-state index in [2.05, 4.69) is 46.5 Å². The van der Waals surface area contributed by atoms with Gasteiger partial charge < -0.3 is 20.1 Å². The number of hydrogen-bond acceptors (Lipinski definition) is 4. The summed E-state index contributed by atoms with van der Waals surface area (Å²) < 4.78 is 10.7. The Kier molecular flexibility index (Phi) is 7.68. The highest BCUT2D eigenvalue weighted by Gasteiger charge is 2.28. The number of benzene rings is 1. The van der Waals surface area contributed by atoms with E-state index in [1.165, 1.54) is 11.1 Å². The van der Waals surface area contributed by atoms with Crippen molar-refractivity contribution in [3.8, 4) is 0 Å². The van der Waals surface area contributed by atoms with E-state index >= 15 is 0 Å². The Morgan fingerprint density at radius 2 is 1.88 bits per heavy atom. The molecule has 6 heteroatoms. The minimum atomic E-state index is 0.0510. The summed E-state index contributed by atoms with van der Waals surface area (Å²) >= 11 is 0. The number of morpholine rings is 1. The zero-order valence-electron chi connectivity index (χ0n) is 16.0. The summed E-state index contributed by atoms with van der Waals surface area (Å²) in [6.45, 7) is 10.3. The first-order valence-electron chi connectivity index (χ1n) is 8.90. The molecule has 0 aliphatic carbocycles. The Balaban J connectivity index is 1.86. The van der Waals surface area contributed by atoms with Gasteiger partial charge in [-0.2, -0.15) is 0 Å². The largest absolute Gasteiger partial charge is 0.380 e. The maximum absolute atomic E-state index is 5.45. The predicted molar refractivity (Wildman–Crippen MR) is 102 cm³/mol. The van der Waals surface area contributed by atoms with Gasteiger partial charge in [0, 0.05) is 45.9 Å². The summed E-state index contributed by atoms with van der Waals surface area (Å²) in [5, 5.41) is 6.85. The van der Waals surface area contributed by atoms with E-state index in [0.29, 0.717) is 6.61 Å². The van der Waals surface area contributed by atoms with E-state index in [-0.39, 0.29) is 5.54 Å². The zero-order chi connectivity index (χ0) is 18.1. The van der Waals surface area contributed by atoms with Crippen molar-refractivity contribution in [1.82, 2.24) is 15.5 Å². The van der Waals surface area contributed by atoms with Crippen LogP contribution in [0.5, 0.6) is 0 Å². The molecule has 140 valence electrons. The van der Waals surface area contributed by atoms with Crippen LogP contribution in [0.3, 0.4) is 0 Å². The highest BCUT2D eigenvalue weighted by molar-refractivity contribution is 5.79. The molecule has 2 N–H and O–H groups in total. The molecule has 1 aliphatic rings. The second-order valence-electron chi connectivity index (χ2n) is 6.89. The smallest absolute Gasteiger partial charge is 0.191 e. The van der Waals surface area contributed by atoms with Gasteiger partial charge >= 0.3 is 0 Å². The number of methoxy groups -OCH3 is 1. The zero-order valence-corrected chi connectivity index (χ0v) is 16.0. The van der Waals surface area contributed by atoms with Crippen molar-refractivity contribution < 1.29 is 9.47 Å². The molecule has 0 amide bonds. The Morgan fingerprint density at radius 1 is 1.20 bits per heavy atom. The molecular weight excluding hydrogens is 316 g/mol. The Morgan fingerprint density at radius 3 is 2.52 bits per heavy atom. The fraction of sp³-hybridized carbons (Fsp3) is 0.632. The van der Waals surface area contributed by atoms with E-state index in [1.807, 2.05) is 12.1 Å². The van der Waals surface area contributed by atoms with Crippen molar-refractivity contribution in [2.45, 2.75) is 32.5 Å². The summed E-state index contributed by atoms with van der Waals surface area (Å²) in [6.07, 6.45) is 0. The molecule has 0 atom stereocenters. The average molecular weight is 348 g/mol. The molecule has 1 aliphatic heterocycles. The normalized spacial score (nSPS) is 16.7. The Bertz CT molecular complexity index is 554. The Hall–Kier alpha value is -1.63. The topological polar surface area (TPSA) is 58.1 Å². The minimum absolute atomic E-state index is 0.0510. The molecule has 0 saturated carbocycles. The molecule has 1 heterocycles. The van der Waals surface area contributed by atoms with Crippen molar-refractivity contribution in [1.29, 1.82) is 0 Å². The van der Waals surface area contributed by atoms with Crippen LogP contribution in [0.15, 0.2) is 29.3 Å². The monoisotopic (exact) mass is 348 g/mol. The molecule has 0 bridgehead atoms. The van der Waals surface area contributed by atoms with Gasteiger partial charge in [-0.1, -0.05) is 24.3 Å². The first-order chi connectivity index (χ1) is 12.1. The molecule has 1 aromatic carbocycles. The van der Waals surface area contributed by atoms with Crippen LogP contribution in [0.25, 0.3) is 0 Å². The standard InChI is InChI=1S/C19H32N4O2/c1-19(2,23-9-11-25-12-10-23)15-22-18(20-3)21-13-16-7-5-6-8-17(16)14-24-4/h5-8H,9-15H2,1-4H3,(H2,20,21,22). The lowest BCUT2D eigenvalue weighted by Crippen LogP contribution is -2.56. The third-order valence-corrected chi connectivity index (χ3v) is 4.64. The molecule has 0 unspecified atom stereocenters. The van der Waals surface area contributed by atoms with Crippen LogP contribution >= 0.6 is 0 Å². The van der Waals surface area contributed by atoms with Gasteiger partial charge in [-0.3, -0.25) is 9.89 Å². The van der Waals surface area contributed by atoms with Gasteiger partial charge in [-0.25, -0.2) is 0 Å². The highest BCUT2D eigenvalue weighted by atomic mass is 16.5. The van der Waals surface area contributed by atoms with Crippen LogP contribution in [0, 0.1) is 0 Å². The molecule has 2 rings (SSSR count). The summed E-state index contributed by atoms with van der Waals surface area (Å²) in [5.41, 5.74) is 2.47. The number of nitrogens with zero attached hydrogens (tertiary/aromatic N) is 2. The number of ether oxygens (including phenoxy) is 2. The highest BCUT2D eigenvalue weighted by Crippen LogP contribution is 2.15. The number of guanidine groups is 1. The molecule has 0 radical (unpaired) electrons. The van der Waals surface area contributed by atoms with Crippen molar-refractivity contribution in [2.75, 3.05) is 47.0 Å². The maximum Gasteiger partial charge on any atom is 0.191 e. The van der Waals surface area contributed by atoms with E-state index < -0.39 is 0 Å². The SMILES string of the molecule is CN=C(NCc1ccccc1COC)NCC(C)(C)N1CCOCC1. The van der Waals surface area contributed by atoms with Crippen LogP contribution in [0.4, 0.5) is 0 Å². The number of nitrogens with one attached hydrogen (secondary N) is 2. The molecule has 1 saturated heterocycles. The van der Waals surface area contributed by atoms with E-state index in [9.17, 15) is 0 Å². The summed E-state index contributed by atoms with van der Waals surface area (Å²) in [4.78, 5) is 6.81. The third-order valence-electron chi connectivity index (χ3n) is 4.64. The summed E-state index contributed by atoms with van der Waals surface area (Å²) in [5.74, 6) is 0.813. The maximum atomic E-state index is 5.45. The van der Waals surface area contributed by atoms with Crippen LogP contribution in [-0.4, -0.2) is 63.4 Å². The van der Waals surface area contributed by atoms with Gasteiger partial charge in [-0.15, -0.1) is 0 Å². The lowest BCUT2D eigenvalue weighted by atomic mass is 10.0. The van der Waals surface area contributed by atoms with Gasteiger partial charge in [0.15, 0.2) is 5.96 Å².